The first kappa shape index (κ1) is 13.4. The molecule has 2 heterocycles. The van der Waals surface area contributed by atoms with Crippen molar-refractivity contribution in [1.29, 1.82) is 0 Å². The molecule has 1 aliphatic rings. The van der Waals surface area contributed by atoms with Crippen molar-refractivity contribution >= 4 is 15.8 Å². The number of hydrogen-bond donors (Lipinski definition) is 1. The third kappa shape index (κ3) is 2.12. The van der Waals surface area contributed by atoms with Gasteiger partial charge in [0.2, 0.25) is 0 Å². The lowest BCUT2D eigenvalue weighted by atomic mass is 10.0. The summed E-state index contributed by atoms with van der Waals surface area (Å²) >= 11 is 0. The highest BCUT2D eigenvalue weighted by Crippen LogP contribution is 2.31. The van der Waals surface area contributed by atoms with Crippen LogP contribution in [0.3, 0.4) is 0 Å². The third-order valence-corrected chi connectivity index (χ3v) is 5.56. The van der Waals surface area contributed by atoms with E-state index in [4.69, 9.17) is 10.3 Å². The molecule has 1 unspecified atom stereocenters. The Morgan fingerprint density at radius 1 is 1.50 bits per heavy atom. The average molecular weight is 273 g/mol. The quantitative estimate of drug-likeness (QED) is 0.901. The first-order chi connectivity index (χ1) is 8.48. The number of rotatable bonds is 3. The number of hydrogen-bond acceptors (Lipinski definition) is 5. The topological polar surface area (TPSA) is 89.4 Å². The number of nitrogen functional groups attached to an aromatic ring is 1. The van der Waals surface area contributed by atoms with Crippen molar-refractivity contribution < 1.29 is 12.9 Å². The van der Waals surface area contributed by atoms with Gasteiger partial charge in [0, 0.05) is 12.6 Å². The normalized spacial score (nSPS) is 22.2. The van der Waals surface area contributed by atoms with E-state index in [1.807, 2.05) is 6.92 Å². The average Bonchev–Trinajstić information content (AvgIpc) is 2.69. The van der Waals surface area contributed by atoms with Crippen molar-refractivity contribution in [2.45, 2.75) is 50.5 Å². The highest BCUT2D eigenvalue weighted by atomic mass is 32.2. The zero-order chi connectivity index (χ0) is 13.3. The van der Waals surface area contributed by atoms with Gasteiger partial charge in [-0.2, -0.15) is 4.31 Å². The third-order valence-electron chi connectivity index (χ3n) is 3.44. The first-order valence-electron chi connectivity index (χ1n) is 6.22. The molecule has 1 fully saturated rings. The Labute approximate surface area is 107 Å². The summed E-state index contributed by atoms with van der Waals surface area (Å²) in [6, 6.07) is 0.0532. The van der Waals surface area contributed by atoms with Crippen molar-refractivity contribution in [3.8, 4) is 0 Å². The van der Waals surface area contributed by atoms with Crippen LogP contribution in [0, 0.1) is 6.92 Å². The molecule has 0 aliphatic carbocycles. The second kappa shape index (κ2) is 4.89. The van der Waals surface area contributed by atoms with Crippen LogP contribution in [0.4, 0.5) is 5.82 Å². The predicted octanol–water partition coefficient (Wildman–Crippen LogP) is 1.52. The summed E-state index contributed by atoms with van der Waals surface area (Å²) in [5.74, 6) is 0.209. The molecule has 0 bridgehead atoms. The summed E-state index contributed by atoms with van der Waals surface area (Å²) < 4.78 is 31.6. The number of aromatic nitrogens is 1. The van der Waals surface area contributed by atoms with E-state index < -0.39 is 10.0 Å². The van der Waals surface area contributed by atoms with Crippen LogP contribution in [-0.4, -0.2) is 30.5 Å². The number of nitrogens with zero attached hydrogens (tertiary/aromatic N) is 2. The van der Waals surface area contributed by atoms with Crippen LogP contribution in [0.2, 0.25) is 0 Å². The molecule has 6 nitrogen and oxygen atoms in total. The van der Waals surface area contributed by atoms with E-state index in [1.165, 1.54) is 0 Å². The van der Waals surface area contributed by atoms with Crippen LogP contribution >= 0.6 is 0 Å². The summed E-state index contributed by atoms with van der Waals surface area (Å²) in [5.41, 5.74) is 5.61. The summed E-state index contributed by atoms with van der Waals surface area (Å²) in [4.78, 5) is 0.0304. The highest BCUT2D eigenvalue weighted by molar-refractivity contribution is 7.89. The SMILES string of the molecule is CCC1CCCCN1S(=O)(=O)c1c(N)noc1C. The molecule has 1 aromatic heterocycles. The summed E-state index contributed by atoms with van der Waals surface area (Å²) in [5, 5.41) is 3.53. The standard InChI is InChI=1S/C11H19N3O3S/c1-3-9-6-4-5-7-14(9)18(15,16)10-8(2)17-13-11(10)12/h9H,3-7H2,1-2H3,(H2,12,13). The maximum absolute atomic E-state index is 12.6. The van der Waals surface area contributed by atoms with Gasteiger partial charge in [0.1, 0.15) is 0 Å². The number of nitrogens with two attached hydrogens (primary N) is 1. The molecule has 1 saturated heterocycles. The van der Waals surface area contributed by atoms with Crippen molar-refractivity contribution in [3.05, 3.63) is 5.76 Å². The zero-order valence-corrected chi connectivity index (χ0v) is 11.5. The van der Waals surface area contributed by atoms with Crippen LogP contribution in [0.5, 0.6) is 0 Å². The minimum Gasteiger partial charge on any atom is -0.380 e. The lowest BCUT2D eigenvalue weighted by Crippen LogP contribution is -2.43. The largest absolute Gasteiger partial charge is 0.380 e. The Bertz CT molecular complexity index is 504. The Morgan fingerprint density at radius 3 is 2.78 bits per heavy atom. The van der Waals surface area contributed by atoms with Gasteiger partial charge in [-0.1, -0.05) is 18.5 Å². The number of anilines is 1. The highest BCUT2D eigenvalue weighted by Gasteiger charge is 2.36. The number of aryl methyl sites for hydroxylation is 1. The Balaban J connectivity index is 2.41. The van der Waals surface area contributed by atoms with Gasteiger partial charge < -0.3 is 10.3 Å². The van der Waals surface area contributed by atoms with Gasteiger partial charge in [-0.3, -0.25) is 0 Å². The van der Waals surface area contributed by atoms with E-state index in [0.29, 0.717) is 6.54 Å². The fourth-order valence-electron chi connectivity index (χ4n) is 2.51. The molecule has 1 aromatic rings. The molecule has 0 radical (unpaired) electrons. The lowest BCUT2D eigenvalue weighted by Gasteiger charge is -2.33. The fourth-order valence-corrected chi connectivity index (χ4v) is 4.46. The monoisotopic (exact) mass is 273 g/mol. The molecule has 0 aromatic carbocycles. The van der Waals surface area contributed by atoms with Crippen LogP contribution in [0.15, 0.2) is 9.42 Å². The van der Waals surface area contributed by atoms with E-state index in [1.54, 1.807) is 11.2 Å². The first-order valence-corrected chi connectivity index (χ1v) is 7.66. The minimum absolute atomic E-state index is 0.0304. The Kier molecular flexibility index (Phi) is 3.63. The molecule has 102 valence electrons. The predicted molar refractivity (Wildman–Crippen MR) is 67.5 cm³/mol. The van der Waals surface area contributed by atoms with E-state index in [9.17, 15) is 8.42 Å². The van der Waals surface area contributed by atoms with Crippen LogP contribution in [0.25, 0.3) is 0 Å². The van der Waals surface area contributed by atoms with Gasteiger partial charge in [-0.15, -0.1) is 0 Å². The summed E-state index contributed by atoms with van der Waals surface area (Å²) in [6.07, 6.45) is 3.67. The van der Waals surface area contributed by atoms with Crippen molar-refractivity contribution in [2.75, 3.05) is 12.3 Å². The summed E-state index contributed by atoms with van der Waals surface area (Å²) in [7, 11) is -3.59. The van der Waals surface area contributed by atoms with Crippen LogP contribution < -0.4 is 5.73 Å². The van der Waals surface area contributed by atoms with E-state index in [0.717, 1.165) is 25.7 Å². The molecule has 0 spiro atoms. The fraction of sp³-hybridized carbons (Fsp3) is 0.727. The van der Waals surface area contributed by atoms with Crippen molar-refractivity contribution in [3.63, 3.8) is 0 Å². The van der Waals surface area contributed by atoms with Gasteiger partial charge in [-0.25, -0.2) is 8.42 Å². The van der Waals surface area contributed by atoms with Crippen molar-refractivity contribution in [1.82, 2.24) is 9.46 Å². The van der Waals surface area contributed by atoms with Gasteiger partial charge in [0.25, 0.3) is 10.0 Å². The molecule has 0 saturated carbocycles. The number of piperidine rings is 1. The maximum Gasteiger partial charge on any atom is 0.250 e. The Hall–Kier alpha value is -1.08. The van der Waals surface area contributed by atoms with Gasteiger partial charge in [0.05, 0.1) is 0 Å². The molecule has 18 heavy (non-hydrogen) atoms. The zero-order valence-electron chi connectivity index (χ0n) is 10.7. The minimum atomic E-state index is -3.59. The molecular formula is C11H19N3O3S. The van der Waals surface area contributed by atoms with Gasteiger partial charge in [-0.05, 0) is 26.2 Å². The maximum atomic E-state index is 12.6. The molecule has 1 atom stereocenters. The van der Waals surface area contributed by atoms with Crippen LogP contribution in [0.1, 0.15) is 38.4 Å². The molecule has 2 N–H and O–H groups in total. The van der Waals surface area contributed by atoms with E-state index >= 15 is 0 Å². The second-order valence-electron chi connectivity index (χ2n) is 4.63. The van der Waals surface area contributed by atoms with Crippen molar-refractivity contribution in [2.24, 2.45) is 0 Å². The summed E-state index contributed by atoms with van der Waals surface area (Å²) in [6.45, 7) is 4.12. The second-order valence-corrected chi connectivity index (χ2v) is 6.45. The Morgan fingerprint density at radius 2 is 2.22 bits per heavy atom. The lowest BCUT2D eigenvalue weighted by molar-refractivity contribution is 0.246. The smallest absolute Gasteiger partial charge is 0.250 e. The molecule has 2 rings (SSSR count). The number of sulfonamides is 1. The van der Waals surface area contributed by atoms with Gasteiger partial charge in [0.15, 0.2) is 16.5 Å². The van der Waals surface area contributed by atoms with Gasteiger partial charge >= 0.3 is 0 Å². The van der Waals surface area contributed by atoms with E-state index in [-0.39, 0.29) is 22.5 Å². The van der Waals surface area contributed by atoms with E-state index in [2.05, 4.69) is 5.16 Å². The molecule has 0 amide bonds. The van der Waals surface area contributed by atoms with Crippen LogP contribution in [-0.2, 0) is 10.0 Å². The molecule has 1 aliphatic heterocycles. The molecule has 7 heteroatoms. The molecular weight excluding hydrogens is 254 g/mol.